The molecule has 0 unspecified atom stereocenters. The predicted octanol–water partition coefficient (Wildman–Crippen LogP) is 0.584. The van der Waals surface area contributed by atoms with Crippen molar-refractivity contribution in [2.75, 3.05) is 13.7 Å². The van der Waals surface area contributed by atoms with Crippen LogP contribution in [-0.4, -0.2) is 25.8 Å². The Morgan fingerprint density at radius 1 is 1.64 bits per heavy atom. The molecule has 1 aliphatic heterocycles. The lowest BCUT2D eigenvalue weighted by molar-refractivity contribution is -0.143. The highest BCUT2D eigenvalue weighted by Gasteiger charge is 2.57. The molecule has 1 saturated heterocycles. The van der Waals surface area contributed by atoms with E-state index in [1.54, 1.807) is 0 Å². The molecule has 0 aromatic heterocycles. The molecule has 3 nitrogen and oxygen atoms in total. The fourth-order valence-electron chi connectivity index (χ4n) is 1.90. The third-order valence-electron chi connectivity index (χ3n) is 2.56. The number of ether oxygens (including phenoxy) is 2. The van der Waals surface area contributed by atoms with Crippen molar-refractivity contribution in [1.82, 2.24) is 0 Å². The summed E-state index contributed by atoms with van der Waals surface area (Å²) in [4.78, 5) is 11.0. The van der Waals surface area contributed by atoms with E-state index < -0.39 is 0 Å². The summed E-state index contributed by atoms with van der Waals surface area (Å²) in [5.41, 5.74) is 0. The van der Waals surface area contributed by atoms with Crippen LogP contribution in [0.3, 0.4) is 0 Å². The van der Waals surface area contributed by atoms with E-state index in [1.165, 1.54) is 7.11 Å². The predicted molar refractivity (Wildman–Crippen MR) is 38.0 cm³/mol. The maximum Gasteiger partial charge on any atom is 0.311 e. The van der Waals surface area contributed by atoms with Gasteiger partial charge >= 0.3 is 5.97 Å². The van der Waals surface area contributed by atoms with Gasteiger partial charge in [0.05, 0.1) is 19.1 Å². The molecule has 0 N–H and O–H groups in total. The van der Waals surface area contributed by atoms with E-state index in [2.05, 4.69) is 4.74 Å². The SMILES string of the molecule is COC(=O)[C@H]1[C@H]2CCCO[C@H]21. The molecule has 1 aliphatic carbocycles. The number of rotatable bonds is 1. The molecule has 11 heavy (non-hydrogen) atoms. The standard InChI is InChI=1S/C8H12O3/c1-10-8(9)6-5-3-2-4-11-7(5)6/h5-7H,2-4H2,1H3/t5-,6+,7-/m1/s1. The first kappa shape index (κ1) is 7.10. The molecule has 0 radical (unpaired) electrons. The van der Waals surface area contributed by atoms with Gasteiger partial charge < -0.3 is 9.47 Å². The second-order valence-corrected chi connectivity index (χ2v) is 3.19. The van der Waals surface area contributed by atoms with E-state index in [4.69, 9.17) is 4.74 Å². The van der Waals surface area contributed by atoms with Crippen LogP contribution in [0.1, 0.15) is 12.8 Å². The average molecular weight is 156 g/mol. The summed E-state index contributed by atoms with van der Waals surface area (Å²) < 4.78 is 10.0. The lowest BCUT2D eigenvalue weighted by Crippen LogP contribution is -2.08. The van der Waals surface area contributed by atoms with Crippen molar-refractivity contribution in [3.8, 4) is 0 Å². The molecule has 0 amide bonds. The Bertz CT molecular complexity index is 166. The van der Waals surface area contributed by atoms with E-state index in [-0.39, 0.29) is 18.0 Å². The van der Waals surface area contributed by atoms with Crippen molar-refractivity contribution in [1.29, 1.82) is 0 Å². The van der Waals surface area contributed by atoms with Gasteiger partial charge in [0, 0.05) is 12.5 Å². The van der Waals surface area contributed by atoms with Crippen LogP contribution in [0, 0.1) is 11.8 Å². The van der Waals surface area contributed by atoms with Crippen LogP contribution in [0.2, 0.25) is 0 Å². The summed E-state index contributed by atoms with van der Waals surface area (Å²) in [6.07, 6.45) is 2.41. The topological polar surface area (TPSA) is 35.5 Å². The highest BCUT2D eigenvalue weighted by Crippen LogP contribution is 2.48. The van der Waals surface area contributed by atoms with Crippen LogP contribution in [0.15, 0.2) is 0 Å². The normalized spacial score (nSPS) is 41.0. The monoisotopic (exact) mass is 156 g/mol. The molecule has 0 aromatic carbocycles. The summed E-state index contributed by atoms with van der Waals surface area (Å²) in [5.74, 6) is 0.431. The summed E-state index contributed by atoms with van der Waals surface area (Å²) >= 11 is 0. The molecule has 2 aliphatic rings. The Morgan fingerprint density at radius 2 is 2.45 bits per heavy atom. The van der Waals surface area contributed by atoms with E-state index in [0.717, 1.165) is 19.4 Å². The maximum atomic E-state index is 11.0. The van der Waals surface area contributed by atoms with E-state index >= 15 is 0 Å². The van der Waals surface area contributed by atoms with Crippen molar-refractivity contribution >= 4 is 5.97 Å². The molecule has 0 spiro atoms. The van der Waals surface area contributed by atoms with Crippen molar-refractivity contribution in [2.24, 2.45) is 11.8 Å². The first-order valence-corrected chi connectivity index (χ1v) is 4.04. The van der Waals surface area contributed by atoms with Crippen molar-refractivity contribution in [3.63, 3.8) is 0 Å². The molecule has 3 atom stereocenters. The average Bonchev–Trinajstić information content (AvgIpc) is 2.77. The number of carbonyl (C=O) groups is 1. The number of methoxy groups -OCH3 is 1. The van der Waals surface area contributed by atoms with Crippen molar-refractivity contribution < 1.29 is 14.3 Å². The summed E-state index contributed by atoms with van der Waals surface area (Å²) in [5, 5.41) is 0. The third-order valence-corrected chi connectivity index (χ3v) is 2.56. The summed E-state index contributed by atoms with van der Waals surface area (Å²) in [7, 11) is 1.44. The van der Waals surface area contributed by atoms with Gasteiger partial charge in [0.1, 0.15) is 0 Å². The van der Waals surface area contributed by atoms with E-state index in [1.807, 2.05) is 0 Å². The zero-order chi connectivity index (χ0) is 7.84. The second-order valence-electron chi connectivity index (χ2n) is 3.19. The van der Waals surface area contributed by atoms with Gasteiger partial charge in [-0.3, -0.25) is 4.79 Å². The van der Waals surface area contributed by atoms with Crippen LogP contribution in [0.5, 0.6) is 0 Å². The first-order valence-electron chi connectivity index (χ1n) is 4.04. The minimum Gasteiger partial charge on any atom is -0.469 e. The maximum absolute atomic E-state index is 11.0. The molecule has 1 saturated carbocycles. The number of fused-ring (bicyclic) bond motifs is 1. The Hall–Kier alpha value is -0.570. The molecule has 2 fully saturated rings. The smallest absolute Gasteiger partial charge is 0.311 e. The summed E-state index contributed by atoms with van der Waals surface area (Å²) in [6.45, 7) is 0.814. The number of esters is 1. The fourth-order valence-corrected chi connectivity index (χ4v) is 1.90. The van der Waals surface area contributed by atoms with Gasteiger partial charge in [-0.2, -0.15) is 0 Å². The molecule has 3 heteroatoms. The minimum absolute atomic E-state index is 0.0579. The first-order chi connectivity index (χ1) is 5.34. The minimum atomic E-state index is -0.0955. The van der Waals surface area contributed by atoms with Crippen LogP contribution >= 0.6 is 0 Å². The highest BCUT2D eigenvalue weighted by atomic mass is 16.5. The van der Waals surface area contributed by atoms with Crippen LogP contribution in [0.4, 0.5) is 0 Å². The van der Waals surface area contributed by atoms with Gasteiger partial charge in [-0.05, 0) is 12.8 Å². The van der Waals surface area contributed by atoms with Gasteiger partial charge in [0.15, 0.2) is 0 Å². The molecular formula is C8H12O3. The molecule has 0 bridgehead atoms. The second kappa shape index (κ2) is 2.48. The fraction of sp³-hybridized carbons (Fsp3) is 0.875. The number of carbonyl (C=O) groups excluding carboxylic acids is 1. The molecule has 2 rings (SSSR count). The Morgan fingerprint density at radius 3 is 3.00 bits per heavy atom. The highest BCUT2D eigenvalue weighted by molar-refractivity contribution is 5.77. The van der Waals surface area contributed by atoms with Crippen molar-refractivity contribution in [3.05, 3.63) is 0 Å². The van der Waals surface area contributed by atoms with Crippen LogP contribution in [0.25, 0.3) is 0 Å². The van der Waals surface area contributed by atoms with Gasteiger partial charge in [-0.1, -0.05) is 0 Å². The van der Waals surface area contributed by atoms with Gasteiger partial charge in [-0.15, -0.1) is 0 Å². The van der Waals surface area contributed by atoms with Gasteiger partial charge in [0.2, 0.25) is 0 Å². The van der Waals surface area contributed by atoms with Crippen LogP contribution < -0.4 is 0 Å². The zero-order valence-electron chi connectivity index (χ0n) is 6.58. The Labute approximate surface area is 65.7 Å². The Balaban J connectivity index is 1.94. The lowest BCUT2D eigenvalue weighted by Gasteiger charge is -2.07. The number of hydrogen-bond donors (Lipinski definition) is 0. The third kappa shape index (κ3) is 1.03. The quantitative estimate of drug-likeness (QED) is 0.521. The van der Waals surface area contributed by atoms with Crippen molar-refractivity contribution in [2.45, 2.75) is 18.9 Å². The molecule has 0 aromatic rings. The summed E-state index contributed by atoms with van der Waals surface area (Å²) in [6, 6.07) is 0. The van der Waals surface area contributed by atoms with Gasteiger partial charge in [-0.25, -0.2) is 0 Å². The lowest BCUT2D eigenvalue weighted by atomic mass is 10.2. The molecule has 1 heterocycles. The zero-order valence-corrected chi connectivity index (χ0v) is 6.58. The van der Waals surface area contributed by atoms with Crippen LogP contribution in [-0.2, 0) is 14.3 Å². The largest absolute Gasteiger partial charge is 0.469 e. The Kier molecular flexibility index (Phi) is 1.60. The molecule has 62 valence electrons. The van der Waals surface area contributed by atoms with E-state index in [9.17, 15) is 4.79 Å². The molecular weight excluding hydrogens is 144 g/mol. The van der Waals surface area contributed by atoms with E-state index in [0.29, 0.717) is 5.92 Å². The number of hydrogen-bond acceptors (Lipinski definition) is 3. The van der Waals surface area contributed by atoms with Gasteiger partial charge in [0.25, 0.3) is 0 Å².